The number of hydrogen-bond donors (Lipinski definition) is 0. The molecule has 1 rings (SSSR count). The molecule has 11 heavy (non-hydrogen) atoms. The first-order valence-electron chi connectivity index (χ1n) is 4.47. The van der Waals surface area contributed by atoms with Gasteiger partial charge in [0.25, 0.3) is 0 Å². The molecule has 1 aliphatic carbocycles. The fourth-order valence-corrected chi connectivity index (χ4v) is 1.47. The number of rotatable bonds is 0. The monoisotopic (exact) mass is 151 g/mol. The predicted octanol–water partition coefficient (Wildman–Crippen LogP) is 2.09. The molecule has 1 heteroatoms. The first-order valence-corrected chi connectivity index (χ1v) is 4.47. The molecule has 0 aliphatic heterocycles. The van der Waals surface area contributed by atoms with Crippen LogP contribution in [0.5, 0.6) is 0 Å². The second-order valence-electron chi connectivity index (χ2n) is 3.49. The summed E-state index contributed by atoms with van der Waals surface area (Å²) in [6, 6.07) is 3.10. The van der Waals surface area contributed by atoms with Crippen molar-refractivity contribution in [3.63, 3.8) is 0 Å². The van der Waals surface area contributed by atoms with Crippen LogP contribution in [0.25, 0.3) is 0 Å². The van der Waals surface area contributed by atoms with Gasteiger partial charge in [-0.1, -0.05) is 25.2 Å². The maximum absolute atomic E-state index is 3.30. The Morgan fingerprint density at radius 3 is 2.27 bits per heavy atom. The fourth-order valence-electron chi connectivity index (χ4n) is 1.47. The molecule has 1 nitrogen and oxygen atoms in total. The normalized spacial score (nSPS) is 18.7. The minimum absolute atomic E-state index is 0.686. The average Bonchev–Trinajstić information content (AvgIpc) is 2.03. The van der Waals surface area contributed by atoms with Crippen LogP contribution in [0.15, 0.2) is 0 Å². The Balaban J connectivity index is 2.31. The van der Waals surface area contributed by atoms with Crippen molar-refractivity contribution in [2.24, 2.45) is 5.92 Å². The maximum Gasteiger partial charge on any atom is 0.0221 e. The Bertz CT molecular complexity index is 155. The van der Waals surface area contributed by atoms with Gasteiger partial charge in [-0.3, -0.25) is 0 Å². The molecule has 0 atom stereocenters. The van der Waals surface area contributed by atoms with E-state index in [4.69, 9.17) is 0 Å². The van der Waals surface area contributed by atoms with Gasteiger partial charge in [0.15, 0.2) is 0 Å². The van der Waals surface area contributed by atoms with Crippen LogP contribution in [0.4, 0.5) is 0 Å². The van der Waals surface area contributed by atoms with Crippen molar-refractivity contribution in [3.8, 4) is 12.0 Å². The Kier molecular flexibility index (Phi) is 3.29. The molecular weight excluding hydrogens is 134 g/mol. The summed E-state index contributed by atoms with van der Waals surface area (Å²) >= 11 is 0. The van der Waals surface area contributed by atoms with Crippen LogP contribution in [0.2, 0.25) is 0 Å². The van der Waals surface area contributed by atoms with E-state index in [-0.39, 0.29) is 0 Å². The Hall–Kier alpha value is -0.640. The maximum atomic E-state index is 3.30. The molecule has 0 saturated heterocycles. The lowest BCUT2D eigenvalue weighted by Crippen LogP contribution is -2.06. The van der Waals surface area contributed by atoms with Crippen molar-refractivity contribution in [2.75, 3.05) is 14.1 Å². The van der Waals surface area contributed by atoms with Crippen molar-refractivity contribution in [1.82, 2.24) is 4.90 Å². The van der Waals surface area contributed by atoms with Gasteiger partial charge < -0.3 is 4.90 Å². The van der Waals surface area contributed by atoms with Crippen LogP contribution >= 0.6 is 0 Å². The predicted molar refractivity (Wildman–Crippen MR) is 48.0 cm³/mol. The lowest BCUT2D eigenvalue weighted by molar-refractivity contribution is 0.428. The van der Waals surface area contributed by atoms with E-state index < -0.39 is 0 Å². The van der Waals surface area contributed by atoms with Gasteiger partial charge in [0, 0.05) is 26.1 Å². The molecule has 0 heterocycles. The van der Waals surface area contributed by atoms with Gasteiger partial charge in [0.2, 0.25) is 0 Å². The summed E-state index contributed by atoms with van der Waals surface area (Å²) in [4.78, 5) is 1.94. The van der Waals surface area contributed by atoms with Crippen molar-refractivity contribution in [1.29, 1.82) is 0 Å². The van der Waals surface area contributed by atoms with Crippen LogP contribution in [0.1, 0.15) is 32.1 Å². The summed E-state index contributed by atoms with van der Waals surface area (Å²) in [6.07, 6.45) is 6.82. The van der Waals surface area contributed by atoms with Crippen LogP contribution < -0.4 is 0 Å². The summed E-state index contributed by atoms with van der Waals surface area (Å²) in [5, 5.41) is 0. The quantitative estimate of drug-likeness (QED) is 0.378. The largest absolute Gasteiger partial charge is 0.339 e. The Labute approximate surface area is 69.8 Å². The third-order valence-corrected chi connectivity index (χ3v) is 2.10. The van der Waals surface area contributed by atoms with E-state index in [0.717, 1.165) is 0 Å². The molecule has 1 aliphatic rings. The van der Waals surface area contributed by atoms with E-state index >= 15 is 0 Å². The fraction of sp³-hybridized carbons (Fsp3) is 0.800. The smallest absolute Gasteiger partial charge is 0.0221 e. The summed E-state index contributed by atoms with van der Waals surface area (Å²) in [7, 11) is 3.99. The zero-order valence-corrected chi connectivity index (χ0v) is 7.56. The van der Waals surface area contributed by atoms with Crippen LogP contribution in [0, 0.1) is 17.9 Å². The lowest BCUT2D eigenvalue weighted by atomic mass is 9.90. The molecule has 0 N–H and O–H groups in total. The van der Waals surface area contributed by atoms with E-state index in [0.29, 0.717) is 5.92 Å². The van der Waals surface area contributed by atoms with Crippen LogP contribution in [-0.2, 0) is 0 Å². The highest BCUT2D eigenvalue weighted by Gasteiger charge is 2.09. The standard InChI is InChI=1S/C10H17N/c1-11(2)9-8-10-6-4-3-5-7-10/h10H,3-7H2,1-2H3. The second-order valence-corrected chi connectivity index (χ2v) is 3.49. The van der Waals surface area contributed by atoms with E-state index in [1.165, 1.54) is 32.1 Å². The minimum atomic E-state index is 0.686. The Morgan fingerprint density at radius 1 is 1.09 bits per heavy atom. The van der Waals surface area contributed by atoms with E-state index in [1.807, 2.05) is 19.0 Å². The molecule has 62 valence electrons. The zero-order chi connectivity index (χ0) is 8.10. The van der Waals surface area contributed by atoms with Gasteiger partial charge in [0.1, 0.15) is 0 Å². The molecule has 0 unspecified atom stereocenters. The second kappa shape index (κ2) is 4.28. The van der Waals surface area contributed by atoms with Gasteiger partial charge in [-0.05, 0) is 12.8 Å². The molecule has 0 spiro atoms. The summed E-state index contributed by atoms with van der Waals surface area (Å²) in [6.45, 7) is 0. The third kappa shape index (κ3) is 3.32. The summed E-state index contributed by atoms with van der Waals surface area (Å²) < 4.78 is 0. The van der Waals surface area contributed by atoms with E-state index in [2.05, 4.69) is 12.0 Å². The first-order chi connectivity index (χ1) is 5.29. The summed E-state index contributed by atoms with van der Waals surface area (Å²) in [5.41, 5.74) is 0. The highest BCUT2D eigenvalue weighted by Crippen LogP contribution is 2.22. The molecular formula is C10H17N. The molecule has 1 saturated carbocycles. The van der Waals surface area contributed by atoms with Gasteiger partial charge in [-0.2, -0.15) is 0 Å². The number of hydrogen-bond acceptors (Lipinski definition) is 1. The van der Waals surface area contributed by atoms with E-state index in [9.17, 15) is 0 Å². The highest BCUT2D eigenvalue weighted by atomic mass is 15.0. The molecule has 0 aromatic rings. The van der Waals surface area contributed by atoms with Crippen LogP contribution in [0.3, 0.4) is 0 Å². The van der Waals surface area contributed by atoms with Gasteiger partial charge in [-0.25, -0.2) is 0 Å². The molecule has 1 fully saturated rings. The van der Waals surface area contributed by atoms with Gasteiger partial charge in [-0.15, -0.1) is 0 Å². The molecule has 0 aromatic carbocycles. The van der Waals surface area contributed by atoms with Gasteiger partial charge in [0.05, 0.1) is 0 Å². The SMILES string of the molecule is CN(C)C#CC1CCCCC1. The molecule has 0 radical (unpaired) electrons. The lowest BCUT2D eigenvalue weighted by Gasteiger charge is -2.15. The van der Waals surface area contributed by atoms with Crippen LogP contribution in [-0.4, -0.2) is 19.0 Å². The highest BCUT2D eigenvalue weighted by molar-refractivity contribution is 5.02. The molecule has 0 aromatic heterocycles. The van der Waals surface area contributed by atoms with Crippen molar-refractivity contribution in [3.05, 3.63) is 0 Å². The first kappa shape index (κ1) is 8.46. The average molecular weight is 151 g/mol. The summed E-state index contributed by atoms with van der Waals surface area (Å²) in [5.74, 6) is 3.98. The van der Waals surface area contributed by atoms with Crippen molar-refractivity contribution < 1.29 is 0 Å². The van der Waals surface area contributed by atoms with Crippen molar-refractivity contribution >= 4 is 0 Å². The zero-order valence-electron chi connectivity index (χ0n) is 7.56. The third-order valence-electron chi connectivity index (χ3n) is 2.10. The Morgan fingerprint density at radius 2 is 1.73 bits per heavy atom. The van der Waals surface area contributed by atoms with Gasteiger partial charge >= 0.3 is 0 Å². The number of nitrogens with zero attached hydrogens (tertiary/aromatic N) is 1. The topological polar surface area (TPSA) is 3.24 Å². The molecule has 0 bridgehead atoms. The van der Waals surface area contributed by atoms with Crippen molar-refractivity contribution in [2.45, 2.75) is 32.1 Å². The minimum Gasteiger partial charge on any atom is -0.339 e. The van der Waals surface area contributed by atoms with E-state index in [1.54, 1.807) is 0 Å². The molecule has 0 amide bonds.